The zero-order chi connectivity index (χ0) is 19.6. The molecule has 0 heterocycles. The van der Waals surface area contributed by atoms with Crippen molar-refractivity contribution in [1.82, 2.24) is 5.32 Å². The zero-order valence-electron chi connectivity index (χ0n) is 15.3. The quantitative estimate of drug-likeness (QED) is 0.604. The summed E-state index contributed by atoms with van der Waals surface area (Å²) >= 11 is 0. The van der Waals surface area contributed by atoms with E-state index in [0.29, 0.717) is 6.54 Å². The molecule has 0 aromatic heterocycles. The van der Waals surface area contributed by atoms with Crippen LogP contribution in [0, 0.1) is 0 Å². The molecule has 6 heteroatoms. The first-order chi connectivity index (χ1) is 13.0. The van der Waals surface area contributed by atoms with Crippen molar-refractivity contribution in [2.24, 2.45) is 0 Å². The minimum atomic E-state index is -0.772. The lowest BCUT2D eigenvalue weighted by atomic mass is 10.2. The van der Waals surface area contributed by atoms with E-state index in [0.717, 1.165) is 11.3 Å². The summed E-state index contributed by atoms with van der Waals surface area (Å²) in [6.07, 6.45) is 1.50. The van der Waals surface area contributed by atoms with Crippen LogP contribution in [0.4, 0.5) is 5.69 Å². The number of hydrogen-bond acceptors (Lipinski definition) is 4. The Morgan fingerprint density at radius 1 is 1.00 bits per heavy atom. The van der Waals surface area contributed by atoms with Crippen LogP contribution < -0.4 is 10.2 Å². The van der Waals surface area contributed by atoms with Gasteiger partial charge in [-0.05, 0) is 30.7 Å². The molecule has 2 aromatic carbocycles. The Morgan fingerprint density at radius 3 is 2.15 bits per heavy atom. The number of nitrogens with zero attached hydrogens (tertiary/aromatic N) is 1. The average Bonchev–Trinajstić information content (AvgIpc) is 2.67. The summed E-state index contributed by atoms with van der Waals surface area (Å²) in [4.78, 5) is 37.7. The lowest BCUT2D eigenvalue weighted by molar-refractivity contribution is -0.144. The first kappa shape index (κ1) is 19.9. The molecule has 0 aliphatic heterocycles. The summed E-state index contributed by atoms with van der Waals surface area (Å²) in [5.41, 5.74) is 1.43. The highest BCUT2D eigenvalue weighted by Gasteiger charge is 2.18. The van der Waals surface area contributed by atoms with E-state index < -0.39 is 18.5 Å². The summed E-state index contributed by atoms with van der Waals surface area (Å²) in [7, 11) is 0. The Balaban J connectivity index is 2.07. The van der Waals surface area contributed by atoms with Gasteiger partial charge in [-0.1, -0.05) is 48.5 Å². The largest absolute Gasteiger partial charge is 0.451 e. The van der Waals surface area contributed by atoms with Gasteiger partial charge in [-0.3, -0.25) is 9.59 Å². The highest BCUT2D eigenvalue weighted by atomic mass is 16.5. The Labute approximate surface area is 158 Å². The minimum Gasteiger partial charge on any atom is -0.451 e. The van der Waals surface area contributed by atoms with Crippen molar-refractivity contribution in [3.63, 3.8) is 0 Å². The topological polar surface area (TPSA) is 75.7 Å². The predicted octanol–water partition coefficient (Wildman–Crippen LogP) is 2.76. The fourth-order valence-corrected chi connectivity index (χ4v) is 2.45. The van der Waals surface area contributed by atoms with Crippen molar-refractivity contribution in [3.05, 3.63) is 71.9 Å². The van der Waals surface area contributed by atoms with Gasteiger partial charge in [0.05, 0.1) is 0 Å². The molecule has 1 N–H and O–H groups in total. The van der Waals surface area contributed by atoms with Gasteiger partial charge in [-0.25, -0.2) is 4.79 Å². The van der Waals surface area contributed by atoms with Crippen molar-refractivity contribution < 1.29 is 19.1 Å². The average molecular weight is 366 g/mol. The van der Waals surface area contributed by atoms with Crippen LogP contribution in [0.5, 0.6) is 0 Å². The number of benzene rings is 2. The molecule has 0 saturated heterocycles. The summed E-state index contributed by atoms with van der Waals surface area (Å²) in [5, 5.41) is 2.45. The van der Waals surface area contributed by atoms with Crippen molar-refractivity contribution in [3.8, 4) is 0 Å². The highest BCUT2D eigenvalue weighted by Crippen LogP contribution is 2.13. The second kappa shape index (κ2) is 9.91. The highest BCUT2D eigenvalue weighted by molar-refractivity contribution is 6.00. The van der Waals surface area contributed by atoms with Crippen molar-refractivity contribution in [2.45, 2.75) is 13.8 Å². The number of ether oxygens (including phenoxy) is 1. The summed E-state index contributed by atoms with van der Waals surface area (Å²) in [5.74, 6) is -1.52. The van der Waals surface area contributed by atoms with Gasteiger partial charge in [0.1, 0.15) is 5.70 Å². The van der Waals surface area contributed by atoms with Gasteiger partial charge in [-0.2, -0.15) is 0 Å². The van der Waals surface area contributed by atoms with Gasteiger partial charge in [0.2, 0.25) is 5.91 Å². The smallest absolute Gasteiger partial charge is 0.355 e. The minimum absolute atomic E-state index is 0.0238. The van der Waals surface area contributed by atoms with E-state index >= 15 is 0 Å². The number of amides is 2. The number of rotatable bonds is 7. The third-order valence-corrected chi connectivity index (χ3v) is 3.65. The second-order valence-corrected chi connectivity index (χ2v) is 5.70. The first-order valence-electron chi connectivity index (χ1n) is 8.58. The van der Waals surface area contributed by atoms with Crippen LogP contribution in [0.1, 0.15) is 19.4 Å². The second-order valence-electron chi connectivity index (χ2n) is 5.70. The number of carbonyl (C=O) groups is 3. The lowest BCUT2D eigenvalue weighted by Gasteiger charge is -2.21. The Bertz CT molecular complexity index is 817. The van der Waals surface area contributed by atoms with Crippen LogP contribution in [0.15, 0.2) is 66.4 Å². The number of carbonyl (C=O) groups excluding carboxylic acids is 3. The van der Waals surface area contributed by atoms with E-state index in [1.807, 2.05) is 43.3 Å². The van der Waals surface area contributed by atoms with Gasteiger partial charge in [0.15, 0.2) is 6.61 Å². The SMILES string of the molecule is CCN(C(=O)COC(=O)/C(=C/c1ccccc1)NC(C)=O)c1ccccc1. The van der Waals surface area contributed by atoms with E-state index in [-0.39, 0.29) is 11.6 Å². The number of nitrogens with one attached hydrogen (secondary N) is 1. The van der Waals surface area contributed by atoms with Crippen LogP contribution in [-0.2, 0) is 19.1 Å². The Kier molecular flexibility index (Phi) is 7.31. The molecule has 0 bridgehead atoms. The number of esters is 1. The molecule has 0 aliphatic rings. The van der Waals surface area contributed by atoms with E-state index in [4.69, 9.17) is 4.74 Å². The summed E-state index contributed by atoms with van der Waals surface area (Å²) < 4.78 is 5.13. The number of para-hydroxylation sites is 1. The third kappa shape index (κ3) is 6.11. The van der Waals surface area contributed by atoms with Crippen LogP contribution in [-0.4, -0.2) is 30.9 Å². The lowest BCUT2D eigenvalue weighted by Crippen LogP contribution is -2.35. The molecule has 0 radical (unpaired) electrons. The first-order valence-corrected chi connectivity index (χ1v) is 8.58. The summed E-state index contributed by atoms with van der Waals surface area (Å²) in [6, 6.07) is 18.2. The molecule has 6 nitrogen and oxygen atoms in total. The Hall–Kier alpha value is -3.41. The van der Waals surface area contributed by atoms with Crippen LogP contribution >= 0.6 is 0 Å². The fourth-order valence-electron chi connectivity index (χ4n) is 2.45. The van der Waals surface area contributed by atoms with E-state index in [1.54, 1.807) is 24.3 Å². The van der Waals surface area contributed by atoms with E-state index in [2.05, 4.69) is 5.32 Å². The van der Waals surface area contributed by atoms with Gasteiger partial charge in [0.25, 0.3) is 5.91 Å². The molecule has 2 amide bonds. The normalized spacial score (nSPS) is 10.8. The number of likely N-dealkylation sites (N-methyl/N-ethyl adjacent to an activating group) is 1. The van der Waals surface area contributed by atoms with Crippen LogP contribution in [0.3, 0.4) is 0 Å². The molecule has 0 saturated carbocycles. The van der Waals surface area contributed by atoms with Crippen LogP contribution in [0.2, 0.25) is 0 Å². The number of hydrogen-bond donors (Lipinski definition) is 1. The molecular formula is C21H22N2O4. The maximum absolute atomic E-state index is 12.4. The van der Waals surface area contributed by atoms with E-state index in [1.165, 1.54) is 17.9 Å². The van der Waals surface area contributed by atoms with Gasteiger partial charge in [0, 0.05) is 19.2 Å². The molecule has 2 rings (SSSR count). The van der Waals surface area contributed by atoms with Crippen molar-refractivity contribution in [2.75, 3.05) is 18.1 Å². The maximum Gasteiger partial charge on any atom is 0.355 e. The van der Waals surface area contributed by atoms with Gasteiger partial charge < -0.3 is 15.0 Å². The van der Waals surface area contributed by atoms with E-state index in [9.17, 15) is 14.4 Å². The zero-order valence-corrected chi connectivity index (χ0v) is 15.3. The third-order valence-electron chi connectivity index (χ3n) is 3.65. The monoisotopic (exact) mass is 366 g/mol. The molecule has 0 fully saturated rings. The van der Waals surface area contributed by atoms with Crippen LogP contribution in [0.25, 0.3) is 6.08 Å². The molecule has 2 aromatic rings. The molecule has 0 unspecified atom stereocenters. The predicted molar refractivity (Wildman–Crippen MR) is 104 cm³/mol. The molecule has 0 atom stereocenters. The fraction of sp³-hybridized carbons (Fsp3) is 0.190. The molecule has 27 heavy (non-hydrogen) atoms. The molecular weight excluding hydrogens is 344 g/mol. The van der Waals surface area contributed by atoms with Gasteiger partial charge >= 0.3 is 5.97 Å². The van der Waals surface area contributed by atoms with Crippen molar-refractivity contribution in [1.29, 1.82) is 0 Å². The van der Waals surface area contributed by atoms with Crippen molar-refractivity contribution >= 4 is 29.5 Å². The molecule has 0 aliphatic carbocycles. The number of anilines is 1. The Morgan fingerprint density at radius 2 is 1.59 bits per heavy atom. The molecule has 140 valence electrons. The summed E-state index contributed by atoms with van der Waals surface area (Å²) in [6.45, 7) is 3.16. The standard InChI is InChI=1S/C21H22N2O4/c1-3-23(18-12-8-5-9-13-18)20(25)15-27-21(26)19(22-16(2)24)14-17-10-6-4-7-11-17/h4-14H,3,15H2,1-2H3,(H,22,24)/b19-14-. The maximum atomic E-state index is 12.4. The van der Waals surface area contributed by atoms with Gasteiger partial charge in [-0.15, -0.1) is 0 Å². The molecule has 0 spiro atoms.